The topological polar surface area (TPSA) is 82.1 Å². The van der Waals surface area contributed by atoms with Crippen LogP contribution < -0.4 is 14.2 Å². The maximum atomic E-state index is 11.6. The van der Waals surface area contributed by atoms with Crippen LogP contribution in [0.25, 0.3) is 10.8 Å². The zero-order valence-electron chi connectivity index (χ0n) is 12.6. The quantitative estimate of drug-likeness (QED) is 0.686. The Morgan fingerprint density at radius 1 is 1.09 bits per heavy atom. The van der Waals surface area contributed by atoms with Gasteiger partial charge in [-0.2, -0.15) is 0 Å². The number of hydrogen-bond donors (Lipinski definition) is 1. The summed E-state index contributed by atoms with van der Waals surface area (Å²) in [4.78, 5) is 11.9. The maximum absolute atomic E-state index is 11.6. The molecule has 0 saturated carbocycles. The summed E-state index contributed by atoms with van der Waals surface area (Å²) in [6.07, 6.45) is 1.53. The molecule has 0 aliphatic carbocycles. The van der Waals surface area contributed by atoms with Crippen molar-refractivity contribution in [2.24, 2.45) is 0 Å². The standard InChI is InChI=1S/C15H16O6S/c1-8(16)21-13-10-6-5-9(22(4)18)7-11(10)12(17)14(19-2)15(13)20-3/h5-7,17H,1-4H3. The highest BCUT2D eigenvalue weighted by atomic mass is 32.2. The Balaban J connectivity index is 2.91. The molecule has 0 amide bonds. The highest BCUT2D eigenvalue weighted by molar-refractivity contribution is 7.84. The van der Waals surface area contributed by atoms with Gasteiger partial charge < -0.3 is 19.3 Å². The van der Waals surface area contributed by atoms with E-state index in [2.05, 4.69) is 0 Å². The van der Waals surface area contributed by atoms with Gasteiger partial charge in [-0.1, -0.05) is 0 Å². The lowest BCUT2D eigenvalue weighted by Crippen LogP contribution is -2.05. The van der Waals surface area contributed by atoms with Crippen LogP contribution in [0, 0.1) is 0 Å². The molecule has 0 heterocycles. The van der Waals surface area contributed by atoms with E-state index in [0.717, 1.165) is 0 Å². The number of carbonyl (C=O) groups is 1. The molecule has 0 saturated heterocycles. The van der Waals surface area contributed by atoms with Crippen LogP contribution in [0.2, 0.25) is 0 Å². The van der Waals surface area contributed by atoms with Gasteiger partial charge in [-0.25, -0.2) is 0 Å². The van der Waals surface area contributed by atoms with E-state index in [9.17, 15) is 14.1 Å². The minimum atomic E-state index is -1.22. The number of phenols is 1. The van der Waals surface area contributed by atoms with Gasteiger partial charge in [0.25, 0.3) is 0 Å². The summed E-state index contributed by atoms with van der Waals surface area (Å²) in [6, 6.07) is 4.82. The average Bonchev–Trinajstić information content (AvgIpc) is 2.48. The molecule has 0 aromatic heterocycles. The molecule has 2 aromatic carbocycles. The molecule has 0 fully saturated rings. The van der Waals surface area contributed by atoms with E-state index in [0.29, 0.717) is 15.7 Å². The molecule has 0 aliphatic rings. The van der Waals surface area contributed by atoms with Crippen molar-refractivity contribution in [2.45, 2.75) is 11.8 Å². The molecular weight excluding hydrogens is 308 g/mol. The molecule has 7 heteroatoms. The van der Waals surface area contributed by atoms with Gasteiger partial charge in [0.1, 0.15) is 0 Å². The molecule has 0 aliphatic heterocycles. The number of methoxy groups -OCH3 is 2. The Morgan fingerprint density at radius 3 is 2.23 bits per heavy atom. The van der Waals surface area contributed by atoms with E-state index >= 15 is 0 Å². The van der Waals surface area contributed by atoms with Gasteiger partial charge in [0, 0.05) is 39.6 Å². The highest BCUT2D eigenvalue weighted by Crippen LogP contribution is 2.50. The SMILES string of the molecule is COc1c(OC)c(OC(C)=O)c2ccc(S(C)=O)cc2c1O. The lowest BCUT2D eigenvalue weighted by Gasteiger charge is -2.17. The second kappa shape index (κ2) is 6.23. The number of aromatic hydroxyl groups is 1. The summed E-state index contributed by atoms with van der Waals surface area (Å²) in [7, 11) is 1.53. The molecule has 6 nitrogen and oxygen atoms in total. The minimum absolute atomic E-state index is 0.0466. The minimum Gasteiger partial charge on any atom is -0.504 e. The van der Waals surface area contributed by atoms with E-state index < -0.39 is 16.8 Å². The number of benzene rings is 2. The normalized spacial score (nSPS) is 12.0. The first-order valence-corrected chi connectivity index (χ1v) is 7.89. The van der Waals surface area contributed by atoms with Gasteiger partial charge in [0.05, 0.1) is 14.2 Å². The number of carbonyl (C=O) groups excluding carboxylic acids is 1. The Kier molecular flexibility index (Phi) is 4.56. The number of fused-ring (bicyclic) bond motifs is 1. The van der Waals surface area contributed by atoms with Crippen molar-refractivity contribution in [3.8, 4) is 23.0 Å². The Morgan fingerprint density at radius 2 is 1.73 bits per heavy atom. The molecule has 2 rings (SSSR count). The van der Waals surface area contributed by atoms with Crippen LogP contribution in [-0.2, 0) is 15.6 Å². The largest absolute Gasteiger partial charge is 0.504 e. The van der Waals surface area contributed by atoms with Gasteiger partial charge >= 0.3 is 5.97 Å². The third-order valence-electron chi connectivity index (χ3n) is 3.10. The predicted octanol–water partition coefficient (Wildman–Crippen LogP) is 2.23. The van der Waals surface area contributed by atoms with Gasteiger partial charge in [0.2, 0.25) is 11.5 Å². The molecule has 1 N–H and O–H groups in total. The number of esters is 1. The smallest absolute Gasteiger partial charge is 0.308 e. The van der Waals surface area contributed by atoms with Crippen LogP contribution in [0.5, 0.6) is 23.0 Å². The van der Waals surface area contributed by atoms with Crippen LogP contribution in [-0.4, -0.2) is 35.8 Å². The lowest BCUT2D eigenvalue weighted by molar-refractivity contribution is -0.131. The number of hydrogen-bond acceptors (Lipinski definition) is 6. The van der Waals surface area contributed by atoms with Crippen LogP contribution >= 0.6 is 0 Å². The summed E-state index contributed by atoms with van der Waals surface area (Å²) < 4.78 is 27.2. The first-order valence-electron chi connectivity index (χ1n) is 6.33. The molecular formula is C15H16O6S. The van der Waals surface area contributed by atoms with Gasteiger partial charge in [-0.05, 0) is 18.2 Å². The van der Waals surface area contributed by atoms with Gasteiger partial charge in [-0.3, -0.25) is 9.00 Å². The monoisotopic (exact) mass is 324 g/mol. The molecule has 0 bridgehead atoms. The molecule has 0 radical (unpaired) electrons. The Hall–Kier alpha value is -2.28. The van der Waals surface area contributed by atoms with E-state index in [1.165, 1.54) is 27.4 Å². The molecule has 118 valence electrons. The van der Waals surface area contributed by atoms with E-state index in [1.54, 1.807) is 18.2 Å². The van der Waals surface area contributed by atoms with Crippen molar-refractivity contribution < 1.29 is 28.3 Å². The zero-order valence-corrected chi connectivity index (χ0v) is 13.4. The van der Waals surface area contributed by atoms with E-state index in [1.807, 2.05) is 0 Å². The fourth-order valence-corrected chi connectivity index (χ4v) is 2.71. The van der Waals surface area contributed by atoms with Gasteiger partial charge in [-0.15, -0.1) is 0 Å². The van der Waals surface area contributed by atoms with Crippen molar-refractivity contribution in [2.75, 3.05) is 20.5 Å². The predicted molar refractivity (Wildman–Crippen MR) is 82.4 cm³/mol. The Labute approximate surface area is 130 Å². The highest BCUT2D eigenvalue weighted by Gasteiger charge is 2.23. The summed E-state index contributed by atoms with van der Waals surface area (Å²) in [5, 5.41) is 11.2. The van der Waals surface area contributed by atoms with Crippen molar-refractivity contribution in [3.05, 3.63) is 18.2 Å². The third-order valence-corrected chi connectivity index (χ3v) is 4.02. The summed E-state index contributed by atoms with van der Waals surface area (Å²) >= 11 is 0. The number of ether oxygens (including phenoxy) is 3. The second-order valence-corrected chi connectivity index (χ2v) is 5.88. The molecule has 1 atom stereocenters. The van der Waals surface area contributed by atoms with Gasteiger partial charge in [0.15, 0.2) is 11.5 Å². The lowest BCUT2D eigenvalue weighted by atomic mass is 10.1. The van der Waals surface area contributed by atoms with Crippen molar-refractivity contribution in [1.29, 1.82) is 0 Å². The maximum Gasteiger partial charge on any atom is 0.308 e. The van der Waals surface area contributed by atoms with Crippen LogP contribution in [0.3, 0.4) is 0 Å². The van der Waals surface area contributed by atoms with Crippen LogP contribution in [0.15, 0.2) is 23.1 Å². The van der Waals surface area contributed by atoms with E-state index in [4.69, 9.17) is 14.2 Å². The molecule has 1 unspecified atom stereocenters. The van der Waals surface area contributed by atoms with Crippen LogP contribution in [0.1, 0.15) is 6.92 Å². The van der Waals surface area contributed by atoms with Crippen molar-refractivity contribution in [1.82, 2.24) is 0 Å². The zero-order chi connectivity index (χ0) is 16.4. The van der Waals surface area contributed by atoms with Crippen molar-refractivity contribution >= 4 is 27.5 Å². The molecule has 22 heavy (non-hydrogen) atoms. The van der Waals surface area contributed by atoms with Crippen LogP contribution in [0.4, 0.5) is 0 Å². The average molecular weight is 324 g/mol. The second-order valence-electron chi connectivity index (χ2n) is 4.50. The molecule has 0 spiro atoms. The summed E-state index contributed by atoms with van der Waals surface area (Å²) in [5.41, 5.74) is 0. The number of rotatable bonds is 4. The first kappa shape index (κ1) is 16.1. The Bertz CT molecular complexity index is 768. The summed E-state index contributed by atoms with van der Waals surface area (Å²) in [5.74, 6) is -0.389. The molecule has 2 aromatic rings. The van der Waals surface area contributed by atoms with Crippen molar-refractivity contribution in [3.63, 3.8) is 0 Å². The third kappa shape index (κ3) is 2.71. The summed E-state index contributed by atoms with van der Waals surface area (Å²) in [6.45, 7) is 1.26. The fourth-order valence-electron chi connectivity index (χ4n) is 2.17. The van der Waals surface area contributed by atoms with E-state index in [-0.39, 0.29) is 23.0 Å². The first-order chi connectivity index (χ1) is 10.4. The number of phenolic OH excluding ortho intramolecular Hbond substituents is 1. The fraction of sp³-hybridized carbons (Fsp3) is 0.267.